The van der Waals surface area contributed by atoms with Crippen LogP contribution in [0.1, 0.15) is 36.2 Å². The topological polar surface area (TPSA) is 100 Å². The summed E-state index contributed by atoms with van der Waals surface area (Å²) in [5.41, 5.74) is 2.26. The number of carbonyl (C=O) groups excluding carboxylic acids is 3. The number of amides is 2. The Morgan fingerprint density at radius 3 is 2.55 bits per heavy atom. The first-order valence-corrected chi connectivity index (χ1v) is 10.3. The van der Waals surface area contributed by atoms with E-state index in [-0.39, 0.29) is 37.1 Å². The van der Waals surface area contributed by atoms with Crippen molar-refractivity contribution in [1.82, 2.24) is 10.6 Å². The van der Waals surface area contributed by atoms with E-state index >= 15 is 0 Å². The van der Waals surface area contributed by atoms with Crippen LogP contribution in [0.5, 0.6) is 0 Å². The largest absolute Gasteiger partial charge is 0.461 e. The molecule has 8 nitrogen and oxygen atoms in total. The number of nitrogens with zero attached hydrogens (tertiary/aromatic N) is 2. The van der Waals surface area contributed by atoms with Crippen LogP contribution in [0.3, 0.4) is 0 Å². The summed E-state index contributed by atoms with van der Waals surface area (Å²) < 4.78 is 5.06. The fraction of sp³-hybridized carbons (Fsp3) is 0.304. The van der Waals surface area contributed by atoms with Crippen LogP contribution in [0.25, 0.3) is 0 Å². The van der Waals surface area contributed by atoms with Gasteiger partial charge in [-0.1, -0.05) is 30.3 Å². The first kappa shape index (κ1) is 22.0. The Morgan fingerprint density at radius 1 is 1.06 bits per heavy atom. The quantitative estimate of drug-likeness (QED) is 0.636. The average Bonchev–Trinajstić information content (AvgIpc) is 3.24. The Hall–Kier alpha value is -3.68. The van der Waals surface area contributed by atoms with Crippen LogP contribution in [0.15, 0.2) is 59.7 Å². The van der Waals surface area contributed by atoms with Crippen molar-refractivity contribution in [2.24, 2.45) is 5.10 Å². The maximum Gasteiger partial charge on any atom is 0.354 e. The molecule has 1 heterocycles. The second-order valence-electron chi connectivity index (χ2n) is 6.94. The molecule has 0 saturated carbocycles. The summed E-state index contributed by atoms with van der Waals surface area (Å²) >= 11 is 0. The molecule has 31 heavy (non-hydrogen) atoms. The summed E-state index contributed by atoms with van der Waals surface area (Å²) in [6.45, 7) is 4.61. The lowest BCUT2D eigenvalue weighted by Crippen LogP contribution is -2.42. The summed E-state index contributed by atoms with van der Waals surface area (Å²) in [7, 11) is 0. The van der Waals surface area contributed by atoms with E-state index in [2.05, 4.69) is 15.7 Å². The second kappa shape index (κ2) is 10.4. The van der Waals surface area contributed by atoms with Gasteiger partial charge in [0.1, 0.15) is 11.8 Å². The summed E-state index contributed by atoms with van der Waals surface area (Å²) in [4.78, 5) is 37.2. The zero-order chi connectivity index (χ0) is 22.2. The number of rotatable bonds is 8. The Balaban J connectivity index is 1.72. The standard InChI is InChI=1S/C23H26N4O4/c1-3-24-21(28)17-10-8-9-16(13-17)15-25-22(29)20-14-19(23(30)31-4-2)26-27(20)18-11-6-5-7-12-18/h5-13,20H,3-4,14-15H2,1-2H3,(H,24,28)(H,25,29). The highest BCUT2D eigenvalue weighted by molar-refractivity contribution is 6.38. The molecule has 0 aromatic heterocycles. The molecule has 1 unspecified atom stereocenters. The number of benzene rings is 2. The molecule has 1 aliphatic rings. The Labute approximate surface area is 181 Å². The van der Waals surface area contributed by atoms with Gasteiger partial charge < -0.3 is 15.4 Å². The molecule has 2 aromatic carbocycles. The minimum Gasteiger partial charge on any atom is -0.461 e. The number of carbonyl (C=O) groups is 3. The highest BCUT2D eigenvalue weighted by Gasteiger charge is 2.36. The van der Waals surface area contributed by atoms with Gasteiger partial charge >= 0.3 is 5.97 Å². The van der Waals surface area contributed by atoms with E-state index in [0.717, 1.165) is 5.56 Å². The molecular weight excluding hydrogens is 396 g/mol. The highest BCUT2D eigenvalue weighted by Crippen LogP contribution is 2.25. The number of nitrogens with one attached hydrogen (secondary N) is 2. The smallest absolute Gasteiger partial charge is 0.354 e. The molecule has 0 spiro atoms. The summed E-state index contributed by atoms with van der Waals surface area (Å²) in [6.07, 6.45) is 0.151. The van der Waals surface area contributed by atoms with Crippen molar-refractivity contribution in [2.45, 2.75) is 32.9 Å². The lowest BCUT2D eigenvalue weighted by Gasteiger charge is -2.22. The van der Waals surface area contributed by atoms with Gasteiger partial charge in [0.15, 0.2) is 0 Å². The van der Waals surface area contributed by atoms with Gasteiger partial charge in [0.2, 0.25) is 5.91 Å². The fourth-order valence-corrected chi connectivity index (χ4v) is 3.26. The van der Waals surface area contributed by atoms with Crippen LogP contribution in [0.4, 0.5) is 5.69 Å². The monoisotopic (exact) mass is 422 g/mol. The number of para-hydroxylation sites is 1. The average molecular weight is 422 g/mol. The minimum absolute atomic E-state index is 0.151. The van der Waals surface area contributed by atoms with E-state index in [1.807, 2.05) is 43.3 Å². The van der Waals surface area contributed by atoms with E-state index in [1.165, 1.54) is 0 Å². The third-order valence-corrected chi connectivity index (χ3v) is 4.74. The lowest BCUT2D eigenvalue weighted by atomic mass is 10.1. The summed E-state index contributed by atoms with van der Waals surface area (Å²) in [6, 6.07) is 15.6. The van der Waals surface area contributed by atoms with Crippen LogP contribution < -0.4 is 15.6 Å². The SMILES string of the molecule is CCNC(=O)c1cccc(CNC(=O)C2CC(C(=O)OCC)=NN2c2ccccc2)c1. The van der Waals surface area contributed by atoms with Gasteiger partial charge in [-0.25, -0.2) is 4.79 Å². The van der Waals surface area contributed by atoms with Crippen molar-refractivity contribution >= 4 is 29.2 Å². The van der Waals surface area contributed by atoms with Crippen LogP contribution >= 0.6 is 0 Å². The molecule has 2 amide bonds. The molecule has 1 aliphatic heterocycles. The molecule has 0 fully saturated rings. The predicted molar refractivity (Wildman–Crippen MR) is 118 cm³/mol. The van der Waals surface area contributed by atoms with Crippen molar-refractivity contribution in [3.05, 3.63) is 65.7 Å². The van der Waals surface area contributed by atoms with Crippen molar-refractivity contribution in [2.75, 3.05) is 18.2 Å². The maximum absolute atomic E-state index is 13.0. The molecular formula is C23H26N4O4. The predicted octanol–water partition coefficient (Wildman–Crippen LogP) is 2.25. The number of hydrazone groups is 1. The minimum atomic E-state index is -0.673. The zero-order valence-electron chi connectivity index (χ0n) is 17.6. The van der Waals surface area contributed by atoms with Gasteiger partial charge in [-0.3, -0.25) is 14.6 Å². The molecule has 0 radical (unpaired) electrons. The highest BCUT2D eigenvalue weighted by atomic mass is 16.5. The van der Waals surface area contributed by atoms with Gasteiger partial charge in [-0.05, 0) is 43.7 Å². The molecule has 0 bridgehead atoms. The number of hydrogen-bond acceptors (Lipinski definition) is 6. The Bertz CT molecular complexity index is 975. The number of ether oxygens (including phenoxy) is 1. The Kier molecular flexibility index (Phi) is 7.37. The van der Waals surface area contributed by atoms with Crippen molar-refractivity contribution in [1.29, 1.82) is 0 Å². The number of hydrogen-bond donors (Lipinski definition) is 2. The third kappa shape index (κ3) is 5.48. The van der Waals surface area contributed by atoms with E-state index in [4.69, 9.17) is 4.74 Å². The normalized spacial score (nSPS) is 15.2. The van der Waals surface area contributed by atoms with E-state index in [1.54, 1.807) is 30.1 Å². The lowest BCUT2D eigenvalue weighted by molar-refractivity contribution is -0.135. The van der Waals surface area contributed by atoms with Gasteiger partial charge in [0, 0.05) is 25.1 Å². The second-order valence-corrected chi connectivity index (χ2v) is 6.94. The van der Waals surface area contributed by atoms with Crippen LogP contribution in [-0.4, -0.2) is 42.7 Å². The zero-order valence-corrected chi connectivity index (χ0v) is 17.6. The van der Waals surface area contributed by atoms with Gasteiger partial charge in [-0.2, -0.15) is 5.10 Å². The number of esters is 1. The van der Waals surface area contributed by atoms with E-state index in [0.29, 0.717) is 17.8 Å². The molecule has 3 rings (SSSR count). The molecule has 2 aromatic rings. The molecule has 0 aliphatic carbocycles. The summed E-state index contributed by atoms with van der Waals surface area (Å²) in [5, 5.41) is 11.6. The van der Waals surface area contributed by atoms with Crippen molar-refractivity contribution < 1.29 is 19.1 Å². The van der Waals surface area contributed by atoms with E-state index in [9.17, 15) is 14.4 Å². The molecule has 2 N–H and O–H groups in total. The van der Waals surface area contributed by atoms with E-state index < -0.39 is 12.0 Å². The van der Waals surface area contributed by atoms with Gasteiger partial charge in [0.05, 0.1) is 12.3 Å². The molecule has 1 atom stereocenters. The van der Waals surface area contributed by atoms with Crippen molar-refractivity contribution in [3.8, 4) is 0 Å². The Morgan fingerprint density at radius 2 is 1.84 bits per heavy atom. The summed E-state index contributed by atoms with van der Waals surface area (Å²) in [5.74, 6) is -0.946. The first-order valence-electron chi connectivity index (χ1n) is 10.3. The first-order chi connectivity index (χ1) is 15.0. The number of anilines is 1. The van der Waals surface area contributed by atoms with Gasteiger partial charge in [0.25, 0.3) is 5.91 Å². The van der Waals surface area contributed by atoms with Crippen LogP contribution in [0.2, 0.25) is 0 Å². The van der Waals surface area contributed by atoms with Crippen molar-refractivity contribution in [3.63, 3.8) is 0 Å². The van der Waals surface area contributed by atoms with Crippen LogP contribution in [-0.2, 0) is 20.9 Å². The molecule has 162 valence electrons. The van der Waals surface area contributed by atoms with Gasteiger partial charge in [-0.15, -0.1) is 0 Å². The maximum atomic E-state index is 13.0. The third-order valence-electron chi connectivity index (χ3n) is 4.74. The fourth-order valence-electron chi connectivity index (χ4n) is 3.26. The molecule has 8 heteroatoms. The van der Waals surface area contributed by atoms with Crippen LogP contribution in [0, 0.1) is 0 Å². The molecule has 0 saturated heterocycles.